The lowest BCUT2D eigenvalue weighted by Gasteiger charge is -2.27. The average molecular weight is 233 g/mol. The summed E-state index contributed by atoms with van der Waals surface area (Å²) >= 11 is 0. The normalized spacial score (nSPS) is 16.0. The van der Waals surface area contributed by atoms with E-state index in [1.165, 1.54) is 0 Å². The Morgan fingerprint density at radius 3 is 2.47 bits per heavy atom. The molecule has 90 valence electrons. The predicted octanol–water partition coefficient (Wildman–Crippen LogP) is -0.0835. The van der Waals surface area contributed by atoms with Crippen LogP contribution in [-0.4, -0.2) is 24.9 Å². The number of piperazine rings is 1. The molecule has 0 aliphatic carbocycles. The van der Waals surface area contributed by atoms with Crippen LogP contribution >= 0.6 is 0 Å². The second kappa shape index (κ2) is 4.55. The molecule has 1 aromatic rings. The van der Waals surface area contributed by atoms with Gasteiger partial charge in [-0.3, -0.25) is 14.9 Å². The van der Waals surface area contributed by atoms with Crippen molar-refractivity contribution < 1.29 is 9.59 Å². The minimum absolute atomic E-state index is 0.215. The molecule has 0 atom stereocenters. The Kier molecular flexibility index (Phi) is 3.10. The third-order valence-electron chi connectivity index (χ3n) is 2.86. The Morgan fingerprint density at radius 2 is 1.94 bits per heavy atom. The van der Waals surface area contributed by atoms with Crippen molar-refractivity contribution in [3.05, 3.63) is 29.3 Å². The minimum Gasteiger partial charge on any atom is -0.353 e. The molecule has 5 heteroatoms. The highest BCUT2D eigenvalue weighted by Crippen LogP contribution is 2.19. The molecule has 0 bridgehead atoms. The van der Waals surface area contributed by atoms with Crippen molar-refractivity contribution in [1.29, 1.82) is 0 Å². The number of carbonyl (C=O) groups is 2. The number of carbonyl (C=O) groups excluding carboxylic acids is 2. The van der Waals surface area contributed by atoms with E-state index in [1.807, 2.05) is 25.1 Å². The SMILES string of the molecule is Cc1cc(N2CC(=O)NC(=O)C2)ccc1CN. The van der Waals surface area contributed by atoms with Gasteiger partial charge in [0.25, 0.3) is 0 Å². The Hall–Kier alpha value is -1.88. The third kappa shape index (κ3) is 2.45. The number of rotatable bonds is 2. The van der Waals surface area contributed by atoms with E-state index in [1.54, 1.807) is 4.90 Å². The van der Waals surface area contributed by atoms with Crippen LogP contribution in [0.25, 0.3) is 0 Å². The van der Waals surface area contributed by atoms with Crippen molar-refractivity contribution in [2.24, 2.45) is 5.73 Å². The molecule has 1 aromatic carbocycles. The maximum Gasteiger partial charge on any atom is 0.246 e. The summed E-state index contributed by atoms with van der Waals surface area (Å²) in [4.78, 5) is 24.3. The lowest BCUT2D eigenvalue weighted by atomic mass is 10.1. The molecule has 0 unspecified atom stereocenters. The van der Waals surface area contributed by atoms with Crippen LogP contribution in [0.1, 0.15) is 11.1 Å². The standard InChI is InChI=1S/C12H15N3O2/c1-8-4-10(3-2-9(8)5-13)15-6-11(16)14-12(17)7-15/h2-4H,5-7,13H2,1H3,(H,14,16,17). The molecule has 0 spiro atoms. The zero-order valence-electron chi connectivity index (χ0n) is 9.69. The number of hydrogen-bond donors (Lipinski definition) is 2. The van der Waals surface area contributed by atoms with E-state index in [0.29, 0.717) is 6.54 Å². The number of imide groups is 1. The Bertz CT molecular complexity index is 455. The summed E-state index contributed by atoms with van der Waals surface area (Å²) in [5, 5.41) is 2.28. The first kappa shape index (κ1) is 11.6. The monoisotopic (exact) mass is 233 g/mol. The zero-order chi connectivity index (χ0) is 12.4. The van der Waals surface area contributed by atoms with E-state index in [4.69, 9.17) is 5.73 Å². The van der Waals surface area contributed by atoms with Crippen molar-refractivity contribution in [3.8, 4) is 0 Å². The van der Waals surface area contributed by atoms with Gasteiger partial charge in [-0.15, -0.1) is 0 Å². The molecule has 5 nitrogen and oxygen atoms in total. The van der Waals surface area contributed by atoms with Crippen molar-refractivity contribution in [3.63, 3.8) is 0 Å². The fraction of sp³-hybridized carbons (Fsp3) is 0.333. The van der Waals surface area contributed by atoms with Crippen molar-refractivity contribution >= 4 is 17.5 Å². The number of anilines is 1. The van der Waals surface area contributed by atoms with Gasteiger partial charge in [0.15, 0.2) is 0 Å². The number of nitrogens with two attached hydrogens (primary N) is 1. The molecular formula is C12H15N3O2. The van der Waals surface area contributed by atoms with Gasteiger partial charge in [0, 0.05) is 12.2 Å². The molecule has 1 heterocycles. The van der Waals surface area contributed by atoms with E-state index in [-0.39, 0.29) is 24.9 Å². The van der Waals surface area contributed by atoms with Crippen LogP contribution in [0.5, 0.6) is 0 Å². The molecule has 1 saturated heterocycles. The first-order valence-electron chi connectivity index (χ1n) is 5.47. The zero-order valence-corrected chi connectivity index (χ0v) is 9.69. The first-order chi connectivity index (χ1) is 8.10. The van der Waals surface area contributed by atoms with Gasteiger partial charge in [0.05, 0.1) is 13.1 Å². The maximum absolute atomic E-state index is 11.3. The fourth-order valence-corrected chi connectivity index (χ4v) is 1.93. The Morgan fingerprint density at radius 1 is 1.29 bits per heavy atom. The van der Waals surface area contributed by atoms with Gasteiger partial charge >= 0.3 is 0 Å². The van der Waals surface area contributed by atoms with E-state index in [2.05, 4.69) is 5.32 Å². The number of aryl methyl sites for hydroxylation is 1. The topological polar surface area (TPSA) is 75.4 Å². The Labute approximate surface area is 99.6 Å². The highest BCUT2D eigenvalue weighted by Gasteiger charge is 2.22. The summed E-state index contributed by atoms with van der Waals surface area (Å²) in [5.41, 5.74) is 8.61. The number of hydrogen-bond acceptors (Lipinski definition) is 4. The van der Waals surface area contributed by atoms with Gasteiger partial charge in [0.2, 0.25) is 11.8 Å². The quantitative estimate of drug-likeness (QED) is 0.700. The van der Waals surface area contributed by atoms with Gasteiger partial charge < -0.3 is 10.6 Å². The van der Waals surface area contributed by atoms with E-state index >= 15 is 0 Å². The molecular weight excluding hydrogens is 218 g/mol. The van der Waals surface area contributed by atoms with Crippen molar-refractivity contribution in [1.82, 2.24) is 5.32 Å². The molecule has 0 saturated carbocycles. The molecule has 3 N–H and O–H groups in total. The summed E-state index contributed by atoms with van der Waals surface area (Å²) in [7, 11) is 0. The highest BCUT2D eigenvalue weighted by atomic mass is 16.2. The number of benzene rings is 1. The second-order valence-electron chi connectivity index (χ2n) is 4.14. The van der Waals surface area contributed by atoms with Gasteiger partial charge in [-0.1, -0.05) is 6.07 Å². The highest BCUT2D eigenvalue weighted by molar-refractivity contribution is 6.02. The first-order valence-corrected chi connectivity index (χ1v) is 5.47. The van der Waals surface area contributed by atoms with Crippen molar-refractivity contribution in [2.45, 2.75) is 13.5 Å². The molecule has 1 aliphatic heterocycles. The molecule has 1 fully saturated rings. The lowest BCUT2D eigenvalue weighted by molar-refractivity contribution is -0.130. The average Bonchev–Trinajstić information content (AvgIpc) is 2.27. The molecule has 1 aliphatic rings. The number of amides is 2. The molecule has 17 heavy (non-hydrogen) atoms. The molecule has 0 aromatic heterocycles. The number of nitrogens with zero attached hydrogens (tertiary/aromatic N) is 1. The number of nitrogens with one attached hydrogen (secondary N) is 1. The fourth-order valence-electron chi connectivity index (χ4n) is 1.93. The Balaban J connectivity index is 2.25. The summed E-state index contributed by atoms with van der Waals surface area (Å²) in [6, 6.07) is 5.77. The van der Waals surface area contributed by atoms with Crippen LogP contribution in [0.3, 0.4) is 0 Å². The molecule has 2 amide bonds. The lowest BCUT2D eigenvalue weighted by Crippen LogP contribution is -2.51. The van der Waals surface area contributed by atoms with Crippen LogP contribution < -0.4 is 16.0 Å². The van der Waals surface area contributed by atoms with Gasteiger partial charge in [-0.05, 0) is 30.2 Å². The summed E-state index contributed by atoms with van der Waals surface area (Å²) in [6.07, 6.45) is 0. The molecule has 2 rings (SSSR count). The minimum atomic E-state index is -0.262. The van der Waals surface area contributed by atoms with Gasteiger partial charge in [-0.2, -0.15) is 0 Å². The summed E-state index contributed by atoms with van der Waals surface area (Å²) < 4.78 is 0. The summed E-state index contributed by atoms with van der Waals surface area (Å²) in [5.74, 6) is -0.524. The van der Waals surface area contributed by atoms with Crippen LogP contribution in [-0.2, 0) is 16.1 Å². The molecule has 0 radical (unpaired) electrons. The summed E-state index contributed by atoms with van der Waals surface area (Å²) in [6.45, 7) is 2.89. The van der Waals surface area contributed by atoms with Crippen LogP contribution in [0.15, 0.2) is 18.2 Å². The van der Waals surface area contributed by atoms with Crippen LogP contribution in [0.4, 0.5) is 5.69 Å². The smallest absolute Gasteiger partial charge is 0.246 e. The van der Waals surface area contributed by atoms with Gasteiger partial charge in [0.1, 0.15) is 0 Å². The van der Waals surface area contributed by atoms with Crippen molar-refractivity contribution in [2.75, 3.05) is 18.0 Å². The van der Waals surface area contributed by atoms with Gasteiger partial charge in [-0.25, -0.2) is 0 Å². The second-order valence-corrected chi connectivity index (χ2v) is 4.14. The van der Waals surface area contributed by atoms with E-state index in [9.17, 15) is 9.59 Å². The van der Waals surface area contributed by atoms with Crippen LogP contribution in [0.2, 0.25) is 0 Å². The van der Waals surface area contributed by atoms with E-state index < -0.39 is 0 Å². The predicted molar refractivity (Wildman–Crippen MR) is 64.4 cm³/mol. The largest absolute Gasteiger partial charge is 0.353 e. The van der Waals surface area contributed by atoms with E-state index in [0.717, 1.165) is 16.8 Å². The van der Waals surface area contributed by atoms with Crippen LogP contribution in [0, 0.1) is 6.92 Å². The maximum atomic E-state index is 11.3. The third-order valence-corrected chi connectivity index (χ3v) is 2.86.